The van der Waals surface area contributed by atoms with Crippen LogP contribution in [0.15, 0.2) is 0 Å². The molecule has 0 aliphatic carbocycles. The quantitative estimate of drug-likeness (QED) is 0.705. The van der Waals surface area contributed by atoms with Crippen molar-refractivity contribution in [1.82, 2.24) is 10.2 Å². The van der Waals surface area contributed by atoms with E-state index in [0.717, 1.165) is 32.2 Å². The molecule has 0 unspecified atom stereocenters. The number of nitrogens with one attached hydrogen (secondary N) is 1. The molecule has 1 rings (SSSR count). The fourth-order valence-electron chi connectivity index (χ4n) is 2.26. The normalized spacial score (nSPS) is 21.6. The van der Waals surface area contributed by atoms with E-state index in [1.54, 1.807) is 0 Å². The van der Waals surface area contributed by atoms with Crippen LogP contribution in [0.1, 0.15) is 39.5 Å². The van der Waals surface area contributed by atoms with Gasteiger partial charge in [-0.3, -0.25) is 9.69 Å². The van der Waals surface area contributed by atoms with Gasteiger partial charge in [-0.2, -0.15) is 0 Å². The van der Waals surface area contributed by atoms with Gasteiger partial charge in [0.05, 0.1) is 13.2 Å². The van der Waals surface area contributed by atoms with Gasteiger partial charge in [0.15, 0.2) is 0 Å². The molecule has 1 saturated heterocycles. The highest BCUT2D eigenvalue weighted by atomic mass is 16.3. The summed E-state index contributed by atoms with van der Waals surface area (Å²) in [5, 5.41) is 12.2. The Morgan fingerprint density at radius 3 is 2.75 bits per heavy atom. The second-order valence-corrected chi connectivity index (χ2v) is 4.53. The molecule has 1 fully saturated rings. The zero-order valence-corrected chi connectivity index (χ0v) is 10.4. The van der Waals surface area contributed by atoms with Crippen molar-refractivity contribution >= 4 is 5.91 Å². The van der Waals surface area contributed by atoms with Crippen LogP contribution < -0.4 is 5.32 Å². The summed E-state index contributed by atoms with van der Waals surface area (Å²) in [6, 6.07) is 0.482. The lowest BCUT2D eigenvalue weighted by Crippen LogP contribution is -2.44. The van der Waals surface area contributed by atoms with Gasteiger partial charge in [-0.15, -0.1) is 0 Å². The SMILES string of the molecule is CCC(CC)NC(=O)CN1CCC[C@H]1CO. The van der Waals surface area contributed by atoms with Gasteiger partial charge >= 0.3 is 0 Å². The Hall–Kier alpha value is -0.610. The van der Waals surface area contributed by atoms with Gasteiger partial charge in [-0.05, 0) is 32.2 Å². The maximum atomic E-state index is 11.8. The topological polar surface area (TPSA) is 52.6 Å². The minimum Gasteiger partial charge on any atom is -0.395 e. The van der Waals surface area contributed by atoms with Gasteiger partial charge in [0.1, 0.15) is 0 Å². The van der Waals surface area contributed by atoms with Gasteiger partial charge < -0.3 is 10.4 Å². The van der Waals surface area contributed by atoms with E-state index in [2.05, 4.69) is 24.1 Å². The number of carbonyl (C=O) groups excluding carboxylic acids is 1. The Labute approximate surface area is 98.0 Å². The lowest BCUT2D eigenvalue weighted by Gasteiger charge is -2.23. The van der Waals surface area contributed by atoms with E-state index in [4.69, 9.17) is 5.11 Å². The smallest absolute Gasteiger partial charge is 0.234 e. The molecule has 4 heteroatoms. The minimum atomic E-state index is 0.0917. The van der Waals surface area contributed by atoms with Crippen molar-refractivity contribution < 1.29 is 9.90 Å². The molecule has 4 nitrogen and oxygen atoms in total. The average molecular weight is 228 g/mol. The number of hydrogen-bond donors (Lipinski definition) is 2. The molecule has 0 spiro atoms. The number of hydrogen-bond acceptors (Lipinski definition) is 3. The highest BCUT2D eigenvalue weighted by Crippen LogP contribution is 2.15. The third-order valence-corrected chi connectivity index (χ3v) is 3.41. The Balaban J connectivity index is 2.33. The van der Waals surface area contributed by atoms with E-state index < -0.39 is 0 Å². The van der Waals surface area contributed by atoms with E-state index in [1.165, 1.54) is 0 Å². The Morgan fingerprint density at radius 2 is 2.19 bits per heavy atom. The van der Waals surface area contributed by atoms with Crippen LogP contribution in [0.2, 0.25) is 0 Å². The predicted molar refractivity (Wildman–Crippen MR) is 64.2 cm³/mol. The molecule has 0 aromatic rings. The molecule has 1 aliphatic heterocycles. The van der Waals surface area contributed by atoms with Gasteiger partial charge in [-0.1, -0.05) is 13.8 Å². The molecule has 1 amide bonds. The molecule has 1 aliphatic rings. The number of rotatable bonds is 6. The van der Waals surface area contributed by atoms with Crippen molar-refractivity contribution in [2.45, 2.75) is 51.6 Å². The largest absolute Gasteiger partial charge is 0.395 e. The number of aliphatic hydroxyl groups is 1. The number of amides is 1. The van der Waals surface area contributed by atoms with Crippen LogP contribution in [0.25, 0.3) is 0 Å². The Kier molecular flexibility index (Phi) is 5.77. The van der Waals surface area contributed by atoms with Crippen LogP contribution in [0.5, 0.6) is 0 Å². The molecule has 0 radical (unpaired) electrons. The van der Waals surface area contributed by atoms with Gasteiger partial charge in [-0.25, -0.2) is 0 Å². The maximum absolute atomic E-state index is 11.8. The predicted octanol–water partition coefficient (Wildman–Crippen LogP) is 0.748. The van der Waals surface area contributed by atoms with Crippen molar-refractivity contribution in [2.75, 3.05) is 19.7 Å². The van der Waals surface area contributed by atoms with Crippen LogP contribution in [0.4, 0.5) is 0 Å². The molecule has 0 bridgehead atoms. The fraction of sp³-hybridized carbons (Fsp3) is 0.917. The summed E-state index contributed by atoms with van der Waals surface area (Å²) in [5.41, 5.74) is 0. The summed E-state index contributed by atoms with van der Waals surface area (Å²) in [6.45, 7) is 5.70. The highest BCUT2D eigenvalue weighted by molar-refractivity contribution is 5.78. The zero-order chi connectivity index (χ0) is 12.0. The molecule has 0 saturated carbocycles. The maximum Gasteiger partial charge on any atom is 0.234 e. The van der Waals surface area contributed by atoms with E-state index in [0.29, 0.717) is 12.6 Å². The van der Waals surface area contributed by atoms with E-state index in [1.807, 2.05) is 0 Å². The first-order valence-corrected chi connectivity index (χ1v) is 6.35. The summed E-state index contributed by atoms with van der Waals surface area (Å²) < 4.78 is 0. The third kappa shape index (κ3) is 3.76. The molecular weight excluding hydrogens is 204 g/mol. The minimum absolute atomic E-state index is 0.0917. The molecule has 0 aromatic heterocycles. The first kappa shape index (κ1) is 13.5. The Bertz CT molecular complexity index is 217. The number of carbonyl (C=O) groups is 1. The number of aliphatic hydroxyl groups excluding tert-OH is 1. The summed E-state index contributed by atoms with van der Waals surface area (Å²) in [5.74, 6) is 0.0917. The number of nitrogens with zero attached hydrogens (tertiary/aromatic N) is 1. The van der Waals surface area contributed by atoms with E-state index in [9.17, 15) is 4.79 Å². The van der Waals surface area contributed by atoms with Crippen molar-refractivity contribution in [3.05, 3.63) is 0 Å². The molecule has 1 atom stereocenters. The van der Waals surface area contributed by atoms with Crippen LogP contribution in [-0.2, 0) is 4.79 Å². The van der Waals surface area contributed by atoms with Gasteiger partial charge in [0, 0.05) is 12.1 Å². The molecule has 2 N–H and O–H groups in total. The second kappa shape index (κ2) is 6.86. The van der Waals surface area contributed by atoms with Gasteiger partial charge in [0.25, 0.3) is 0 Å². The summed E-state index contributed by atoms with van der Waals surface area (Å²) >= 11 is 0. The van der Waals surface area contributed by atoms with Crippen molar-refractivity contribution in [3.63, 3.8) is 0 Å². The Morgan fingerprint density at radius 1 is 1.50 bits per heavy atom. The lowest BCUT2D eigenvalue weighted by atomic mass is 10.2. The second-order valence-electron chi connectivity index (χ2n) is 4.53. The summed E-state index contributed by atoms with van der Waals surface area (Å²) in [4.78, 5) is 13.8. The van der Waals surface area contributed by atoms with Crippen LogP contribution in [-0.4, -0.2) is 47.7 Å². The molecular formula is C12H24N2O2. The van der Waals surface area contributed by atoms with E-state index in [-0.39, 0.29) is 18.6 Å². The highest BCUT2D eigenvalue weighted by Gasteiger charge is 2.25. The van der Waals surface area contributed by atoms with Crippen LogP contribution >= 0.6 is 0 Å². The molecule has 0 aromatic carbocycles. The third-order valence-electron chi connectivity index (χ3n) is 3.41. The van der Waals surface area contributed by atoms with Crippen LogP contribution in [0.3, 0.4) is 0 Å². The van der Waals surface area contributed by atoms with Crippen molar-refractivity contribution in [2.24, 2.45) is 0 Å². The lowest BCUT2D eigenvalue weighted by molar-refractivity contribution is -0.123. The summed E-state index contributed by atoms with van der Waals surface area (Å²) in [7, 11) is 0. The van der Waals surface area contributed by atoms with Crippen molar-refractivity contribution in [3.8, 4) is 0 Å². The molecule has 94 valence electrons. The average Bonchev–Trinajstić information content (AvgIpc) is 2.73. The van der Waals surface area contributed by atoms with Crippen LogP contribution in [0, 0.1) is 0 Å². The first-order valence-electron chi connectivity index (χ1n) is 6.35. The number of likely N-dealkylation sites (tertiary alicyclic amines) is 1. The first-order chi connectivity index (χ1) is 7.71. The standard InChI is InChI=1S/C12H24N2O2/c1-3-10(4-2)13-12(16)8-14-7-5-6-11(14)9-15/h10-11,15H,3-9H2,1-2H3,(H,13,16)/t11-/m0/s1. The molecule has 1 heterocycles. The van der Waals surface area contributed by atoms with E-state index >= 15 is 0 Å². The monoisotopic (exact) mass is 228 g/mol. The molecule has 16 heavy (non-hydrogen) atoms. The van der Waals surface area contributed by atoms with Gasteiger partial charge in [0.2, 0.25) is 5.91 Å². The summed E-state index contributed by atoms with van der Waals surface area (Å²) in [6.07, 6.45) is 4.05. The zero-order valence-electron chi connectivity index (χ0n) is 10.4. The fourth-order valence-corrected chi connectivity index (χ4v) is 2.26. The van der Waals surface area contributed by atoms with Crippen molar-refractivity contribution in [1.29, 1.82) is 0 Å².